The molecule has 1 aromatic rings. The Hall–Kier alpha value is -2.08. The predicted octanol–water partition coefficient (Wildman–Crippen LogP) is 3.81. The lowest BCUT2D eigenvalue weighted by molar-refractivity contribution is -0.453. The van der Waals surface area contributed by atoms with E-state index < -0.39 is 12.1 Å². The van der Waals surface area contributed by atoms with Gasteiger partial charge >= 0.3 is 12.1 Å². The van der Waals surface area contributed by atoms with Crippen molar-refractivity contribution in [3.05, 3.63) is 35.9 Å². The largest absolute Gasteiger partial charge is 0.543 e. The second kappa shape index (κ2) is 8.38. The molecule has 120 valence electrons. The van der Waals surface area contributed by atoms with E-state index in [1.54, 1.807) is 30.3 Å². The molecular formula is C16H20O6. The van der Waals surface area contributed by atoms with Crippen LogP contribution >= 0.6 is 0 Å². The van der Waals surface area contributed by atoms with Crippen LogP contribution in [0, 0.1) is 5.92 Å². The minimum Gasteiger partial charge on any atom is -0.429 e. The van der Waals surface area contributed by atoms with E-state index in [1.165, 1.54) is 0 Å². The van der Waals surface area contributed by atoms with Crippen LogP contribution in [0.2, 0.25) is 0 Å². The van der Waals surface area contributed by atoms with Crippen LogP contribution in [0.1, 0.15) is 49.4 Å². The van der Waals surface area contributed by atoms with Gasteiger partial charge in [0.25, 0.3) is 0 Å². The second-order valence-electron chi connectivity index (χ2n) is 5.31. The second-order valence-corrected chi connectivity index (χ2v) is 5.31. The van der Waals surface area contributed by atoms with Crippen molar-refractivity contribution in [2.45, 2.75) is 45.1 Å². The highest BCUT2D eigenvalue weighted by molar-refractivity contribution is 5.88. The van der Waals surface area contributed by atoms with Gasteiger partial charge in [-0.1, -0.05) is 31.5 Å². The van der Waals surface area contributed by atoms with Gasteiger partial charge in [-0.2, -0.15) is 0 Å². The molecule has 0 aromatic heterocycles. The molecule has 0 unspecified atom stereocenters. The molecule has 0 N–H and O–H groups in total. The zero-order chi connectivity index (χ0) is 15.8. The molecule has 1 aliphatic carbocycles. The topological polar surface area (TPSA) is 71.1 Å². The Morgan fingerprint density at radius 3 is 2.36 bits per heavy atom. The molecular weight excluding hydrogens is 288 g/mol. The van der Waals surface area contributed by atoms with Crippen molar-refractivity contribution in [1.29, 1.82) is 0 Å². The summed E-state index contributed by atoms with van der Waals surface area (Å²) in [7, 11) is 0. The maximum atomic E-state index is 11.5. The fraction of sp³-hybridized carbons (Fsp3) is 0.500. The summed E-state index contributed by atoms with van der Waals surface area (Å²) in [6, 6.07) is 8.22. The number of carbonyl (C=O) groups excluding carboxylic acids is 2. The Balaban J connectivity index is 1.63. The van der Waals surface area contributed by atoms with Crippen molar-refractivity contribution < 1.29 is 29.1 Å². The molecule has 0 atom stereocenters. The number of rotatable bonds is 5. The average molecular weight is 308 g/mol. The van der Waals surface area contributed by atoms with Crippen molar-refractivity contribution >= 4 is 12.1 Å². The number of benzene rings is 1. The Morgan fingerprint density at radius 2 is 1.73 bits per heavy atom. The van der Waals surface area contributed by atoms with Crippen LogP contribution in [0.5, 0.6) is 0 Å². The summed E-state index contributed by atoms with van der Waals surface area (Å²) in [5.41, 5.74) is 0.289. The lowest BCUT2D eigenvalue weighted by Gasteiger charge is -2.26. The molecule has 1 aliphatic rings. The Bertz CT molecular complexity index is 479. The molecule has 1 aromatic carbocycles. The standard InChI is InChI=1S/C16H20O6/c1-2-12-8-10-14(11-9-12)19-16(18)21-22-20-15(17)13-6-4-3-5-7-13/h3-7,12,14H,2,8-11H2,1H3. The summed E-state index contributed by atoms with van der Waals surface area (Å²) in [5, 5.41) is 4.17. The van der Waals surface area contributed by atoms with E-state index >= 15 is 0 Å². The van der Waals surface area contributed by atoms with Crippen LogP contribution in [0.15, 0.2) is 30.3 Å². The summed E-state index contributed by atoms with van der Waals surface area (Å²) < 4.78 is 5.09. The fourth-order valence-electron chi connectivity index (χ4n) is 2.51. The van der Waals surface area contributed by atoms with E-state index in [9.17, 15) is 9.59 Å². The molecule has 0 bridgehead atoms. The molecule has 2 rings (SSSR count). The summed E-state index contributed by atoms with van der Waals surface area (Å²) in [4.78, 5) is 31.6. The van der Waals surface area contributed by atoms with E-state index in [-0.39, 0.29) is 11.7 Å². The van der Waals surface area contributed by atoms with Gasteiger partial charge in [0.05, 0.1) is 10.6 Å². The number of hydrogen-bond donors (Lipinski definition) is 0. The Labute approximate surface area is 129 Å². The van der Waals surface area contributed by atoms with Crippen molar-refractivity contribution in [3.8, 4) is 0 Å². The third-order valence-corrected chi connectivity index (χ3v) is 3.86. The molecule has 1 saturated carbocycles. The van der Waals surface area contributed by atoms with Crippen molar-refractivity contribution in [2.24, 2.45) is 5.92 Å². The van der Waals surface area contributed by atoms with E-state index in [4.69, 9.17) is 4.74 Å². The lowest BCUT2D eigenvalue weighted by atomic mass is 9.86. The highest BCUT2D eigenvalue weighted by Gasteiger charge is 2.24. The highest BCUT2D eigenvalue weighted by atomic mass is 17.5. The van der Waals surface area contributed by atoms with Gasteiger partial charge < -0.3 is 4.74 Å². The quantitative estimate of drug-likeness (QED) is 0.468. The summed E-state index contributed by atoms with van der Waals surface area (Å²) in [6.07, 6.45) is 3.70. The minimum absolute atomic E-state index is 0.163. The number of hydrogen-bond acceptors (Lipinski definition) is 6. The molecule has 0 amide bonds. The maximum absolute atomic E-state index is 11.5. The fourth-order valence-corrected chi connectivity index (χ4v) is 2.51. The van der Waals surface area contributed by atoms with Gasteiger partial charge in [0.2, 0.25) is 0 Å². The third kappa shape index (κ3) is 5.04. The van der Waals surface area contributed by atoms with Crippen LogP contribution in [-0.2, 0) is 19.6 Å². The van der Waals surface area contributed by atoms with Gasteiger partial charge in [0.15, 0.2) is 0 Å². The lowest BCUT2D eigenvalue weighted by Crippen LogP contribution is -2.25. The normalized spacial score (nSPS) is 21.0. The van der Waals surface area contributed by atoms with Gasteiger partial charge in [-0.3, -0.25) is 4.89 Å². The van der Waals surface area contributed by atoms with Crippen LogP contribution < -0.4 is 0 Å². The molecule has 0 aliphatic heterocycles. The first kappa shape index (κ1) is 16.3. The van der Waals surface area contributed by atoms with Gasteiger partial charge in [-0.25, -0.2) is 14.5 Å². The predicted molar refractivity (Wildman–Crippen MR) is 76.5 cm³/mol. The summed E-state index contributed by atoms with van der Waals surface area (Å²) >= 11 is 0. The summed E-state index contributed by atoms with van der Waals surface area (Å²) in [6.45, 7) is 2.16. The van der Waals surface area contributed by atoms with Gasteiger partial charge in [0, 0.05) is 0 Å². The van der Waals surface area contributed by atoms with E-state index in [2.05, 4.69) is 21.7 Å². The van der Waals surface area contributed by atoms with Crippen LogP contribution in [0.4, 0.5) is 4.79 Å². The molecule has 0 heterocycles. The first-order valence-corrected chi connectivity index (χ1v) is 7.50. The molecule has 1 fully saturated rings. The smallest absolute Gasteiger partial charge is 0.429 e. The SMILES string of the molecule is CCC1CCC(OC(=O)OOOC(=O)c2ccccc2)CC1. The molecule has 6 nitrogen and oxygen atoms in total. The Kier molecular flexibility index (Phi) is 6.21. The van der Waals surface area contributed by atoms with Crippen molar-refractivity contribution in [2.75, 3.05) is 0 Å². The Morgan fingerprint density at radius 1 is 1.05 bits per heavy atom. The van der Waals surface area contributed by atoms with Crippen molar-refractivity contribution in [1.82, 2.24) is 0 Å². The molecule has 0 saturated heterocycles. The zero-order valence-corrected chi connectivity index (χ0v) is 12.5. The minimum atomic E-state index is -0.999. The first-order valence-electron chi connectivity index (χ1n) is 7.50. The zero-order valence-electron chi connectivity index (χ0n) is 12.5. The van der Waals surface area contributed by atoms with Crippen LogP contribution in [0.3, 0.4) is 0 Å². The summed E-state index contributed by atoms with van der Waals surface area (Å²) in [5.74, 6) is -0.0456. The third-order valence-electron chi connectivity index (χ3n) is 3.86. The molecule has 6 heteroatoms. The van der Waals surface area contributed by atoms with Gasteiger partial charge in [0.1, 0.15) is 6.10 Å². The van der Waals surface area contributed by atoms with E-state index in [0.717, 1.165) is 32.1 Å². The molecule has 0 radical (unpaired) electrons. The van der Waals surface area contributed by atoms with E-state index in [0.29, 0.717) is 5.92 Å². The average Bonchev–Trinajstić information content (AvgIpc) is 2.56. The first-order chi connectivity index (χ1) is 10.7. The van der Waals surface area contributed by atoms with Crippen LogP contribution in [0.25, 0.3) is 0 Å². The van der Waals surface area contributed by atoms with Gasteiger partial charge in [-0.05, 0) is 43.7 Å². The highest BCUT2D eigenvalue weighted by Crippen LogP contribution is 2.28. The van der Waals surface area contributed by atoms with Crippen molar-refractivity contribution in [3.63, 3.8) is 0 Å². The number of carbonyl (C=O) groups is 2. The number of ether oxygens (including phenoxy) is 1. The van der Waals surface area contributed by atoms with Gasteiger partial charge in [-0.15, -0.1) is 0 Å². The van der Waals surface area contributed by atoms with Crippen LogP contribution in [-0.4, -0.2) is 18.2 Å². The maximum Gasteiger partial charge on any atom is 0.543 e. The molecule has 22 heavy (non-hydrogen) atoms. The monoisotopic (exact) mass is 308 g/mol. The molecule has 0 spiro atoms. The van der Waals surface area contributed by atoms with E-state index in [1.807, 2.05) is 0 Å².